The van der Waals surface area contributed by atoms with E-state index in [1.54, 1.807) is 18.2 Å². The van der Waals surface area contributed by atoms with Crippen LogP contribution in [0.5, 0.6) is 17.2 Å². The number of benzene rings is 1. The molecule has 1 aliphatic carbocycles. The van der Waals surface area contributed by atoms with E-state index in [1.807, 2.05) is 13.8 Å². The van der Waals surface area contributed by atoms with Crippen molar-refractivity contribution in [2.24, 2.45) is 0 Å². The van der Waals surface area contributed by atoms with E-state index in [0.29, 0.717) is 28.6 Å². The zero-order valence-corrected chi connectivity index (χ0v) is 22.6. The number of aromatic nitrogens is 2. The molecule has 1 aromatic carbocycles. The monoisotopic (exact) mass is 532 g/mol. The molecule has 0 saturated carbocycles. The molecule has 0 spiro atoms. The summed E-state index contributed by atoms with van der Waals surface area (Å²) in [5.41, 5.74) is 0.785. The van der Waals surface area contributed by atoms with Gasteiger partial charge in [0.1, 0.15) is 0 Å². The third-order valence-corrected chi connectivity index (χ3v) is 6.40. The highest BCUT2D eigenvalue weighted by Gasteiger charge is 2.37. The molecule has 1 heterocycles. The molecule has 0 fully saturated rings. The lowest BCUT2D eigenvalue weighted by Gasteiger charge is -2.38. The Bertz CT molecular complexity index is 1120. The number of rotatable bonds is 13. The molecule has 1 amide bonds. The first-order chi connectivity index (χ1) is 18.2. The Hall–Kier alpha value is -3.64. The number of carboxylic acids is 1. The van der Waals surface area contributed by atoms with Gasteiger partial charge >= 0.3 is 5.97 Å². The van der Waals surface area contributed by atoms with Crippen LogP contribution in [0.4, 0.5) is 0 Å². The minimum Gasteiger partial charge on any atom is -0.493 e. The van der Waals surface area contributed by atoms with Gasteiger partial charge in [-0.25, -0.2) is 4.79 Å². The van der Waals surface area contributed by atoms with Crippen molar-refractivity contribution >= 4 is 11.9 Å². The molecule has 208 valence electrons. The van der Waals surface area contributed by atoms with Gasteiger partial charge in [-0.1, -0.05) is 19.0 Å². The molecule has 2 aromatic rings. The molecule has 0 bridgehead atoms. The number of carbonyl (C=O) groups is 2. The van der Waals surface area contributed by atoms with Crippen LogP contribution in [-0.4, -0.2) is 72.7 Å². The Kier molecular flexibility index (Phi) is 10.1. The molecule has 3 rings (SSSR count). The molecule has 0 radical (unpaired) electrons. The van der Waals surface area contributed by atoms with E-state index >= 15 is 0 Å². The number of carbonyl (C=O) groups excluding carboxylic acids is 1. The van der Waals surface area contributed by atoms with Crippen molar-refractivity contribution in [3.63, 3.8) is 0 Å². The van der Waals surface area contributed by atoms with Gasteiger partial charge in [0.05, 0.1) is 46.1 Å². The maximum absolute atomic E-state index is 12.0. The summed E-state index contributed by atoms with van der Waals surface area (Å²) < 4.78 is 27.8. The first-order valence-corrected chi connectivity index (χ1v) is 12.5. The predicted octanol–water partition coefficient (Wildman–Crippen LogP) is 2.71. The minimum atomic E-state index is -1.03. The van der Waals surface area contributed by atoms with E-state index in [0.717, 1.165) is 12.8 Å². The number of hydrogen-bond acceptors (Lipinski definition) is 10. The lowest BCUT2D eigenvalue weighted by molar-refractivity contribution is -0.133. The van der Waals surface area contributed by atoms with Gasteiger partial charge in [0.15, 0.2) is 17.3 Å². The van der Waals surface area contributed by atoms with Crippen molar-refractivity contribution in [3.05, 3.63) is 29.6 Å². The summed E-state index contributed by atoms with van der Waals surface area (Å²) in [5.74, 6) is 0.641. The summed E-state index contributed by atoms with van der Waals surface area (Å²) in [7, 11) is 4.54. The molecule has 3 N–H and O–H groups in total. The molecule has 3 atom stereocenters. The first-order valence-electron chi connectivity index (χ1n) is 12.5. The fraction of sp³-hybridized carbons (Fsp3) is 0.538. The van der Waals surface area contributed by atoms with Crippen LogP contribution in [0.2, 0.25) is 0 Å². The van der Waals surface area contributed by atoms with Gasteiger partial charge in [-0.05, 0) is 37.5 Å². The summed E-state index contributed by atoms with van der Waals surface area (Å²) in [6.45, 7) is 5.59. The quantitative estimate of drug-likeness (QED) is 0.349. The Morgan fingerprint density at radius 3 is 2.32 bits per heavy atom. The van der Waals surface area contributed by atoms with Crippen LogP contribution >= 0.6 is 0 Å². The Morgan fingerprint density at radius 1 is 1.13 bits per heavy atom. The SMILES string of the molecule is CCC(CC)O[C@@H]1C=C(C(=O)O)C[C@H](NCc2noc(-c3cc(OC)c(OC)c(OC)c3)n2)[C@H]1NC(C)=O. The van der Waals surface area contributed by atoms with Gasteiger partial charge in [0, 0.05) is 24.1 Å². The number of hydrogen-bond donors (Lipinski definition) is 3. The molecular weight excluding hydrogens is 496 g/mol. The van der Waals surface area contributed by atoms with Crippen LogP contribution in [0.1, 0.15) is 45.9 Å². The molecule has 0 unspecified atom stereocenters. The number of nitrogens with one attached hydrogen (secondary N) is 2. The zero-order valence-electron chi connectivity index (χ0n) is 22.6. The third-order valence-electron chi connectivity index (χ3n) is 6.40. The van der Waals surface area contributed by atoms with Crippen LogP contribution in [0.25, 0.3) is 11.5 Å². The zero-order chi connectivity index (χ0) is 27.8. The minimum absolute atomic E-state index is 0.0699. The molecular formula is C26H36N4O8. The predicted molar refractivity (Wildman–Crippen MR) is 137 cm³/mol. The van der Waals surface area contributed by atoms with Crippen LogP contribution in [0, 0.1) is 0 Å². The van der Waals surface area contributed by atoms with Crippen molar-refractivity contribution in [1.82, 2.24) is 20.8 Å². The number of ether oxygens (including phenoxy) is 4. The number of methoxy groups -OCH3 is 3. The number of amides is 1. The van der Waals surface area contributed by atoms with Crippen molar-refractivity contribution in [2.75, 3.05) is 21.3 Å². The largest absolute Gasteiger partial charge is 0.493 e. The standard InChI is InChI=1S/C26H36N4O8/c1-7-17(8-2)37-19-12-16(26(32)33)9-18(23(19)28-14(3)31)27-13-22-29-25(38-30-22)15-10-20(34-4)24(36-6)21(11-15)35-5/h10-12,17-19,23,27H,7-9,13H2,1-6H3,(H,28,31)(H,32,33)/t18-,19+,23+/m0/s1. The molecule has 0 saturated heterocycles. The average molecular weight is 533 g/mol. The first kappa shape index (κ1) is 28.9. The van der Waals surface area contributed by atoms with E-state index in [-0.39, 0.29) is 36.4 Å². The summed E-state index contributed by atoms with van der Waals surface area (Å²) in [6.07, 6.45) is 2.62. The molecule has 1 aromatic heterocycles. The van der Waals surface area contributed by atoms with E-state index < -0.39 is 24.2 Å². The molecule has 1 aliphatic rings. The van der Waals surface area contributed by atoms with E-state index in [9.17, 15) is 14.7 Å². The fourth-order valence-corrected chi connectivity index (χ4v) is 4.44. The molecule has 0 aliphatic heterocycles. The maximum atomic E-state index is 12.0. The maximum Gasteiger partial charge on any atom is 0.331 e. The van der Waals surface area contributed by atoms with E-state index in [1.165, 1.54) is 28.3 Å². The summed E-state index contributed by atoms with van der Waals surface area (Å²) in [4.78, 5) is 28.4. The van der Waals surface area contributed by atoms with Crippen molar-refractivity contribution in [2.45, 2.75) is 70.9 Å². The number of aliphatic carboxylic acids is 1. The highest BCUT2D eigenvalue weighted by atomic mass is 16.5. The van der Waals surface area contributed by atoms with Crippen LogP contribution < -0.4 is 24.8 Å². The van der Waals surface area contributed by atoms with Gasteiger partial charge in [-0.3, -0.25) is 4.79 Å². The number of nitrogens with zero attached hydrogens (tertiary/aromatic N) is 2. The van der Waals surface area contributed by atoms with Crippen molar-refractivity contribution < 1.29 is 38.2 Å². The van der Waals surface area contributed by atoms with Crippen molar-refractivity contribution in [1.29, 1.82) is 0 Å². The second-order valence-electron chi connectivity index (χ2n) is 8.88. The highest BCUT2D eigenvalue weighted by Crippen LogP contribution is 2.40. The van der Waals surface area contributed by atoms with Crippen LogP contribution in [0.15, 0.2) is 28.3 Å². The van der Waals surface area contributed by atoms with Gasteiger partial charge in [0.2, 0.25) is 11.7 Å². The van der Waals surface area contributed by atoms with Gasteiger partial charge < -0.3 is 39.2 Å². The fourth-order valence-electron chi connectivity index (χ4n) is 4.44. The van der Waals surface area contributed by atoms with Gasteiger partial charge in [0.25, 0.3) is 5.89 Å². The highest BCUT2D eigenvalue weighted by molar-refractivity contribution is 5.87. The Balaban J connectivity index is 1.83. The molecule has 12 nitrogen and oxygen atoms in total. The topological polar surface area (TPSA) is 154 Å². The van der Waals surface area contributed by atoms with E-state index in [2.05, 4.69) is 20.8 Å². The van der Waals surface area contributed by atoms with Crippen LogP contribution in [0.3, 0.4) is 0 Å². The van der Waals surface area contributed by atoms with Gasteiger partial charge in [-0.2, -0.15) is 4.98 Å². The molecule has 12 heteroatoms. The van der Waals surface area contributed by atoms with E-state index in [4.69, 9.17) is 23.5 Å². The van der Waals surface area contributed by atoms with Gasteiger partial charge in [-0.15, -0.1) is 0 Å². The lowest BCUT2D eigenvalue weighted by atomic mass is 9.87. The Morgan fingerprint density at radius 2 is 1.79 bits per heavy atom. The lowest BCUT2D eigenvalue weighted by Crippen LogP contribution is -2.58. The smallest absolute Gasteiger partial charge is 0.331 e. The number of carboxylic acid groups (broad SMARTS) is 1. The Labute approximate surface area is 221 Å². The summed E-state index contributed by atoms with van der Waals surface area (Å²) in [5, 5.41) is 20.0. The normalized spacial score (nSPS) is 19.1. The second-order valence-corrected chi connectivity index (χ2v) is 8.88. The van der Waals surface area contributed by atoms with Crippen LogP contribution in [-0.2, 0) is 20.9 Å². The summed E-state index contributed by atoms with van der Waals surface area (Å²) >= 11 is 0. The third kappa shape index (κ3) is 6.81. The average Bonchev–Trinajstić information content (AvgIpc) is 3.39. The van der Waals surface area contributed by atoms with Crippen molar-refractivity contribution in [3.8, 4) is 28.7 Å². The molecule has 38 heavy (non-hydrogen) atoms. The summed E-state index contributed by atoms with van der Waals surface area (Å²) in [6, 6.07) is 2.46. The second kappa shape index (κ2) is 13.2.